The van der Waals surface area contributed by atoms with Crippen LogP contribution >= 0.6 is 0 Å². The van der Waals surface area contributed by atoms with Crippen molar-refractivity contribution in [1.29, 1.82) is 0 Å². The van der Waals surface area contributed by atoms with Crippen LogP contribution in [0, 0.1) is 6.92 Å². The lowest BCUT2D eigenvalue weighted by atomic mass is 9.95. The summed E-state index contributed by atoms with van der Waals surface area (Å²) < 4.78 is 1.75. The molecule has 0 unspecified atom stereocenters. The van der Waals surface area contributed by atoms with Crippen LogP contribution in [0.15, 0.2) is 36.5 Å². The fourth-order valence-corrected chi connectivity index (χ4v) is 3.39. The number of aromatic nitrogens is 4. The van der Waals surface area contributed by atoms with Crippen LogP contribution in [-0.2, 0) is 0 Å². The molecule has 0 radical (unpaired) electrons. The summed E-state index contributed by atoms with van der Waals surface area (Å²) in [6, 6.07) is 9.64. The highest BCUT2D eigenvalue weighted by molar-refractivity contribution is 5.93. The Hall–Kier alpha value is -2.76. The topological polar surface area (TPSA) is 72.2 Å². The predicted octanol–water partition coefficient (Wildman–Crippen LogP) is 3.16. The minimum atomic E-state index is -0.0990. The zero-order valence-corrected chi connectivity index (χ0v) is 14.3. The summed E-state index contributed by atoms with van der Waals surface area (Å²) in [5.74, 6) is -0.0990. The second-order valence-electron chi connectivity index (χ2n) is 6.61. The van der Waals surface area contributed by atoms with Gasteiger partial charge in [0.15, 0.2) is 5.65 Å². The number of nitrogens with zero attached hydrogens (tertiary/aromatic N) is 4. The predicted molar refractivity (Wildman–Crippen MR) is 95.3 cm³/mol. The van der Waals surface area contributed by atoms with Crippen molar-refractivity contribution in [3.63, 3.8) is 0 Å². The molecule has 1 saturated carbocycles. The Kier molecular flexibility index (Phi) is 4.17. The van der Waals surface area contributed by atoms with Gasteiger partial charge >= 0.3 is 0 Å². The van der Waals surface area contributed by atoms with Crippen LogP contribution < -0.4 is 5.32 Å². The number of pyridine rings is 1. The van der Waals surface area contributed by atoms with Gasteiger partial charge in [-0.05, 0) is 38.0 Å². The molecule has 3 heterocycles. The number of carbonyl (C=O) groups is 1. The van der Waals surface area contributed by atoms with E-state index in [1.807, 2.05) is 31.2 Å². The number of fused-ring (bicyclic) bond motifs is 1. The van der Waals surface area contributed by atoms with E-state index < -0.39 is 0 Å². The highest BCUT2D eigenvalue weighted by Gasteiger charge is 2.19. The van der Waals surface area contributed by atoms with Crippen LogP contribution in [0.5, 0.6) is 0 Å². The monoisotopic (exact) mass is 335 g/mol. The SMILES string of the molecule is Cc1cc(C(=O)NC2CCCCC2)nc2cc(-c3ccccn3)nn12. The maximum absolute atomic E-state index is 12.6. The normalized spacial score (nSPS) is 15.4. The summed E-state index contributed by atoms with van der Waals surface area (Å²) in [6.45, 7) is 1.93. The summed E-state index contributed by atoms with van der Waals surface area (Å²) in [6.07, 6.45) is 7.50. The van der Waals surface area contributed by atoms with E-state index in [1.54, 1.807) is 16.8 Å². The fraction of sp³-hybridized carbons (Fsp3) is 0.368. The van der Waals surface area contributed by atoms with Crippen molar-refractivity contribution in [2.24, 2.45) is 0 Å². The van der Waals surface area contributed by atoms with Crippen molar-refractivity contribution in [2.45, 2.75) is 45.1 Å². The summed E-state index contributed by atoms with van der Waals surface area (Å²) in [5.41, 5.74) is 3.53. The number of rotatable bonds is 3. The molecule has 1 amide bonds. The standard InChI is InChI=1S/C19H21N5O/c1-13-11-17(19(25)21-14-7-3-2-4-8-14)22-18-12-16(23-24(13)18)15-9-5-6-10-20-15/h5-6,9-12,14H,2-4,7-8H2,1H3,(H,21,25). The third kappa shape index (κ3) is 3.24. The number of hydrogen-bond donors (Lipinski definition) is 1. The molecule has 0 aliphatic heterocycles. The van der Waals surface area contributed by atoms with Gasteiger partial charge in [-0.3, -0.25) is 9.78 Å². The van der Waals surface area contributed by atoms with Crippen molar-refractivity contribution in [2.75, 3.05) is 0 Å². The van der Waals surface area contributed by atoms with Gasteiger partial charge < -0.3 is 5.32 Å². The van der Waals surface area contributed by atoms with Crippen LogP contribution in [-0.4, -0.2) is 31.5 Å². The van der Waals surface area contributed by atoms with Gasteiger partial charge in [0.25, 0.3) is 5.91 Å². The Morgan fingerprint density at radius 1 is 1.16 bits per heavy atom. The molecule has 4 rings (SSSR count). The Labute approximate surface area is 146 Å². The third-order valence-electron chi connectivity index (χ3n) is 4.71. The quantitative estimate of drug-likeness (QED) is 0.798. The largest absolute Gasteiger partial charge is 0.348 e. The Bertz CT molecular complexity index is 897. The first-order chi connectivity index (χ1) is 12.2. The zero-order chi connectivity index (χ0) is 17.2. The maximum atomic E-state index is 12.6. The molecule has 0 spiro atoms. The van der Waals surface area contributed by atoms with Crippen molar-refractivity contribution >= 4 is 11.6 Å². The summed E-state index contributed by atoms with van der Waals surface area (Å²) >= 11 is 0. The maximum Gasteiger partial charge on any atom is 0.270 e. The van der Waals surface area contributed by atoms with Crippen LogP contribution in [0.4, 0.5) is 0 Å². The highest BCUT2D eigenvalue weighted by Crippen LogP contribution is 2.19. The van der Waals surface area contributed by atoms with E-state index in [2.05, 4.69) is 20.4 Å². The average molecular weight is 335 g/mol. The summed E-state index contributed by atoms with van der Waals surface area (Å²) in [4.78, 5) is 21.4. The fourth-order valence-electron chi connectivity index (χ4n) is 3.39. The van der Waals surface area contributed by atoms with Crippen molar-refractivity contribution < 1.29 is 4.79 Å². The Morgan fingerprint density at radius 2 is 2.00 bits per heavy atom. The molecule has 3 aromatic heterocycles. The van der Waals surface area contributed by atoms with E-state index in [0.29, 0.717) is 11.3 Å². The van der Waals surface area contributed by atoms with Crippen molar-refractivity contribution in [3.05, 3.63) is 47.9 Å². The molecule has 1 aliphatic carbocycles. The van der Waals surface area contributed by atoms with Crippen LogP contribution in [0.1, 0.15) is 48.3 Å². The van der Waals surface area contributed by atoms with Crippen molar-refractivity contribution in [1.82, 2.24) is 24.9 Å². The van der Waals surface area contributed by atoms with Gasteiger partial charge in [-0.25, -0.2) is 9.50 Å². The van der Waals surface area contributed by atoms with E-state index in [-0.39, 0.29) is 11.9 Å². The molecule has 25 heavy (non-hydrogen) atoms. The molecule has 0 aromatic carbocycles. The zero-order valence-electron chi connectivity index (χ0n) is 14.3. The Balaban J connectivity index is 1.63. The smallest absolute Gasteiger partial charge is 0.270 e. The molecule has 0 saturated heterocycles. The summed E-state index contributed by atoms with van der Waals surface area (Å²) in [7, 11) is 0. The molecule has 6 nitrogen and oxygen atoms in total. The minimum Gasteiger partial charge on any atom is -0.348 e. The summed E-state index contributed by atoms with van der Waals surface area (Å²) in [5, 5.41) is 7.68. The van der Waals surface area contributed by atoms with Crippen molar-refractivity contribution in [3.8, 4) is 11.4 Å². The Morgan fingerprint density at radius 3 is 2.76 bits per heavy atom. The number of nitrogens with one attached hydrogen (secondary N) is 1. The van der Waals surface area contributed by atoms with Gasteiger partial charge in [-0.1, -0.05) is 25.3 Å². The van der Waals surface area contributed by atoms with Crippen LogP contribution in [0.2, 0.25) is 0 Å². The first-order valence-corrected chi connectivity index (χ1v) is 8.80. The molecule has 3 aromatic rings. The first-order valence-electron chi connectivity index (χ1n) is 8.80. The second-order valence-corrected chi connectivity index (χ2v) is 6.61. The van der Waals surface area contributed by atoms with Gasteiger partial charge in [-0.15, -0.1) is 0 Å². The lowest BCUT2D eigenvalue weighted by Crippen LogP contribution is -2.36. The van der Waals surface area contributed by atoms with Crippen LogP contribution in [0.25, 0.3) is 17.0 Å². The van der Waals surface area contributed by atoms with Gasteiger partial charge in [0, 0.05) is 24.0 Å². The molecular formula is C19H21N5O. The number of carbonyl (C=O) groups excluding carboxylic acids is 1. The molecule has 1 aliphatic rings. The molecule has 1 N–H and O–H groups in total. The minimum absolute atomic E-state index is 0.0990. The molecule has 6 heteroatoms. The molecular weight excluding hydrogens is 314 g/mol. The van der Waals surface area contributed by atoms with Crippen LogP contribution in [0.3, 0.4) is 0 Å². The average Bonchev–Trinajstić information content (AvgIpc) is 3.08. The first kappa shape index (κ1) is 15.7. The second kappa shape index (κ2) is 6.63. The number of hydrogen-bond acceptors (Lipinski definition) is 4. The van der Waals surface area contributed by atoms with E-state index in [9.17, 15) is 4.79 Å². The highest BCUT2D eigenvalue weighted by atomic mass is 16.1. The molecule has 1 fully saturated rings. The lowest BCUT2D eigenvalue weighted by molar-refractivity contribution is 0.0922. The van der Waals surface area contributed by atoms with Gasteiger partial charge in [0.1, 0.15) is 11.4 Å². The third-order valence-corrected chi connectivity index (χ3v) is 4.71. The van der Waals surface area contributed by atoms with E-state index in [4.69, 9.17) is 0 Å². The van der Waals surface area contributed by atoms with E-state index in [0.717, 1.165) is 29.9 Å². The molecule has 0 bridgehead atoms. The van der Waals surface area contributed by atoms with E-state index >= 15 is 0 Å². The molecule has 0 atom stereocenters. The van der Waals surface area contributed by atoms with Gasteiger partial charge in [0.2, 0.25) is 0 Å². The molecule has 128 valence electrons. The van der Waals surface area contributed by atoms with Gasteiger partial charge in [0.05, 0.1) is 5.69 Å². The van der Waals surface area contributed by atoms with E-state index in [1.165, 1.54) is 19.3 Å². The number of amides is 1. The van der Waals surface area contributed by atoms with Gasteiger partial charge in [-0.2, -0.15) is 5.10 Å². The lowest BCUT2D eigenvalue weighted by Gasteiger charge is -2.22. The number of aryl methyl sites for hydroxylation is 1.